The topological polar surface area (TPSA) is 71.5 Å². The molecule has 0 saturated carbocycles. The molecule has 1 atom stereocenters. The van der Waals surface area contributed by atoms with Gasteiger partial charge in [0.1, 0.15) is 11.6 Å². The summed E-state index contributed by atoms with van der Waals surface area (Å²) in [6.45, 7) is 11.3. The van der Waals surface area contributed by atoms with Crippen molar-refractivity contribution in [1.82, 2.24) is 4.90 Å². The molecular formula is C29H45NO4. The molecule has 0 radical (unpaired) electrons. The number of hydrogen-bond acceptors (Lipinski definition) is 4. The molecule has 0 aromatic heterocycles. The van der Waals surface area contributed by atoms with E-state index in [2.05, 4.69) is 6.92 Å². The fourth-order valence-electron chi connectivity index (χ4n) is 4.10. The van der Waals surface area contributed by atoms with Crippen LogP contribution in [0.4, 0.5) is 0 Å². The number of amides is 1. The summed E-state index contributed by atoms with van der Waals surface area (Å²) in [6, 6.07) is 5.91. The van der Waals surface area contributed by atoms with Gasteiger partial charge >= 0.3 is 0 Å². The second-order valence-corrected chi connectivity index (χ2v) is 9.48. The van der Waals surface area contributed by atoms with Crippen molar-refractivity contribution >= 4 is 23.3 Å². The van der Waals surface area contributed by atoms with Crippen molar-refractivity contribution < 1.29 is 19.2 Å². The van der Waals surface area contributed by atoms with Crippen molar-refractivity contribution in [2.75, 3.05) is 13.1 Å². The second-order valence-electron chi connectivity index (χ2n) is 9.48. The van der Waals surface area contributed by atoms with Gasteiger partial charge in [-0.1, -0.05) is 45.9 Å². The van der Waals surface area contributed by atoms with Crippen LogP contribution < -0.4 is 0 Å². The van der Waals surface area contributed by atoms with Crippen molar-refractivity contribution in [2.24, 2.45) is 5.92 Å². The second kappa shape index (κ2) is 16.3. The summed E-state index contributed by atoms with van der Waals surface area (Å²) in [5, 5.41) is 0. The molecule has 0 spiro atoms. The molecule has 5 nitrogen and oxygen atoms in total. The molecule has 1 heterocycles. The first kappa shape index (κ1) is 29.7. The van der Waals surface area contributed by atoms with E-state index in [1.54, 1.807) is 6.92 Å². The van der Waals surface area contributed by atoms with E-state index in [9.17, 15) is 19.2 Å². The van der Waals surface area contributed by atoms with Gasteiger partial charge in [-0.05, 0) is 63.0 Å². The van der Waals surface area contributed by atoms with Gasteiger partial charge in [-0.2, -0.15) is 0 Å². The third kappa shape index (κ3) is 10.8. The number of carbonyl (C=O) groups excluding carboxylic acids is 4. The first-order chi connectivity index (χ1) is 16.2. The highest BCUT2D eigenvalue weighted by Crippen LogP contribution is 2.18. The zero-order chi connectivity index (χ0) is 25.5. The summed E-state index contributed by atoms with van der Waals surface area (Å²) in [6.07, 6.45) is 9.08. The number of nitrogens with zero attached hydrogens (tertiary/aromatic N) is 1. The fraction of sp³-hybridized carbons (Fsp3) is 0.655. The van der Waals surface area contributed by atoms with Gasteiger partial charge in [0.2, 0.25) is 5.91 Å². The highest BCUT2D eigenvalue weighted by Gasteiger charge is 2.18. The first-order valence-electron chi connectivity index (χ1n) is 13.2. The third-order valence-electron chi connectivity index (χ3n) is 6.47. The minimum Gasteiger partial charge on any atom is -0.342 e. The summed E-state index contributed by atoms with van der Waals surface area (Å²) in [5.74, 6) is 0.943. The van der Waals surface area contributed by atoms with Crippen molar-refractivity contribution in [1.29, 1.82) is 0 Å². The van der Waals surface area contributed by atoms with Crippen LogP contribution in [0.2, 0.25) is 0 Å². The molecule has 1 aromatic carbocycles. The molecule has 0 aliphatic carbocycles. The Bertz CT molecular complexity index is 808. The Morgan fingerprint density at radius 2 is 1.56 bits per heavy atom. The standard InChI is InChI=1S/C19H27NO2.C10H18O2/c1-3-8-18(21)17-10-9-15(13-16(17)4-2)14-19(22)20-11-6-5-7-12-20;1-4-5-10(12)7-6-8(2)9(3)11/h9-10,13H,3-8,11-12,14H2,1-2H3;8H,4-7H2,1-3H3. The third-order valence-corrected chi connectivity index (χ3v) is 6.47. The molecular weight excluding hydrogens is 426 g/mol. The molecule has 1 unspecified atom stereocenters. The molecule has 0 N–H and O–H groups in total. The molecule has 1 saturated heterocycles. The molecule has 0 bridgehead atoms. The molecule has 1 aromatic rings. The average molecular weight is 472 g/mol. The largest absolute Gasteiger partial charge is 0.342 e. The van der Waals surface area contributed by atoms with Gasteiger partial charge in [0, 0.05) is 43.8 Å². The van der Waals surface area contributed by atoms with Gasteiger partial charge in [-0.15, -0.1) is 0 Å². The minimum atomic E-state index is 0.0470. The lowest BCUT2D eigenvalue weighted by Crippen LogP contribution is -2.36. The molecule has 1 aliphatic rings. The predicted molar refractivity (Wildman–Crippen MR) is 138 cm³/mol. The maximum atomic E-state index is 12.3. The number of aryl methyl sites for hydroxylation is 1. The lowest BCUT2D eigenvalue weighted by atomic mass is 9.95. The van der Waals surface area contributed by atoms with Crippen molar-refractivity contribution in [3.63, 3.8) is 0 Å². The number of carbonyl (C=O) groups is 4. The Labute approximate surface area is 206 Å². The summed E-state index contributed by atoms with van der Waals surface area (Å²) in [5.41, 5.74) is 2.93. The highest BCUT2D eigenvalue weighted by atomic mass is 16.2. The lowest BCUT2D eigenvalue weighted by molar-refractivity contribution is -0.131. The van der Waals surface area contributed by atoms with Crippen LogP contribution in [0.3, 0.4) is 0 Å². The summed E-state index contributed by atoms with van der Waals surface area (Å²) in [7, 11) is 0. The van der Waals surface area contributed by atoms with E-state index in [1.165, 1.54) is 6.42 Å². The number of likely N-dealkylation sites (tertiary alicyclic amines) is 1. The molecule has 1 aliphatic heterocycles. The van der Waals surface area contributed by atoms with Crippen LogP contribution in [0.25, 0.3) is 0 Å². The number of Topliss-reactive ketones (excluding diaryl/α,β-unsaturated/α-hetero) is 3. The fourth-order valence-corrected chi connectivity index (χ4v) is 4.10. The van der Waals surface area contributed by atoms with Crippen LogP contribution in [0, 0.1) is 5.92 Å². The lowest BCUT2D eigenvalue weighted by Gasteiger charge is -2.26. The normalized spacial score (nSPS) is 14.1. The van der Waals surface area contributed by atoms with Crippen LogP contribution >= 0.6 is 0 Å². The number of benzene rings is 1. The average Bonchev–Trinajstić information content (AvgIpc) is 2.83. The van der Waals surface area contributed by atoms with E-state index in [-0.39, 0.29) is 29.2 Å². The van der Waals surface area contributed by atoms with Crippen LogP contribution in [-0.2, 0) is 27.2 Å². The molecule has 34 heavy (non-hydrogen) atoms. The molecule has 1 amide bonds. The van der Waals surface area contributed by atoms with E-state index < -0.39 is 0 Å². The molecule has 5 heteroatoms. The Kier molecular flexibility index (Phi) is 14.3. The van der Waals surface area contributed by atoms with E-state index in [1.807, 2.05) is 43.9 Å². The van der Waals surface area contributed by atoms with Crippen molar-refractivity contribution in [2.45, 2.75) is 105 Å². The number of hydrogen-bond donors (Lipinski definition) is 0. The Hall–Kier alpha value is -2.30. The molecule has 190 valence electrons. The van der Waals surface area contributed by atoms with Gasteiger partial charge in [-0.3, -0.25) is 19.2 Å². The number of piperidine rings is 1. The first-order valence-corrected chi connectivity index (χ1v) is 13.2. The summed E-state index contributed by atoms with van der Waals surface area (Å²) < 4.78 is 0. The van der Waals surface area contributed by atoms with Gasteiger partial charge in [-0.25, -0.2) is 0 Å². The van der Waals surface area contributed by atoms with Crippen LogP contribution in [-0.4, -0.2) is 41.2 Å². The van der Waals surface area contributed by atoms with Crippen molar-refractivity contribution in [3.8, 4) is 0 Å². The Balaban J connectivity index is 0.000000411. The zero-order valence-electron chi connectivity index (χ0n) is 22.1. The Morgan fingerprint density at radius 3 is 2.12 bits per heavy atom. The summed E-state index contributed by atoms with van der Waals surface area (Å²) in [4.78, 5) is 48.3. The van der Waals surface area contributed by atoms with E-state index in [0.717, 1.165) is 61.9 Å². The van der Waals surface area contributed by atoms with Crippen molar-refractivity contribution in [3.05, 3.63) is 34.9 Å². The smallest absolute Gasteiger partial charge is 0.226 e. The quantitative estimate of drug-likeness (QED) is 0.343. The van der Waals surface area contributed by atoms with Gasteiger partial charge in [0.25, 0.3) is 0 Å². The Morgan fingerprint density at radius 1 is 0.912 bits per heavy atom. The van der Waals surface area contributed by atoms with Gasteiger partial charge < -0.3 is 4.90 Å². The van der Waals surface area contributed by atoms with Crippen LogP contribution in [0.5, 0.6) is 0 Å². The summed E-state index contributed by atoms with van der Waals surface area (Å²) >= 11 is 0. The van der Waals surface area contributed by atoms with Gasteiger partial charge in [0.05, 0.1) is 6.42 Å². The number of ketones is 3. The molecule has 2 rings (SSSR count). The highest BCUT2D eigenvalue weighted by molar-refractivity contribution is 5.97. The van der Waals surface area contributed by atoms with Crippen LogP contribution in [0.1, 0.15) is 114 Å². The van der Waals surface area contributed by atoms with E-state index in [0.29, 0.717) is 32.1 Å². The molecule has 1 fully saturated rings. The zero-order valence-corrected chi connectivity index (χ0v) is 22.1. The monoisotopic (exact) mass is 471 g/mol. The number of rotatable bonds is 12. The van der Waals surface area contributed by atoms with E-state index >= 15 is 0 Å². The van der Waals surface area contributed by atoms with Crippen LogP contribution in [0.15, 0.2) is 18.2 Å². The predicted octanol–water partition coefficient (Wildman–Crippen LogP) is 6.15. The SMILES string of the molecule is CCCC(=O)CCC(C)C(C)=O.CCCC(=O)c1ccc(CC(=O)N2CCCCC2)cc1CC. The maximum Gasteiger partial charge on any atom is 0.226 e. The van der Waals surface area contributed by atoms with E-state index in [4.69, 9.17) is 0 Å². The minimum absolute atomic E-state index is 0.0470. The van der Waals surface area contributed by atoms with Gasteiger partial charge in [0.15, 0.2) is 5.78 Å². The maximum absolute atomic E-state index is 12.3.